The number of benzene rings is 1. The Morgan fingerprint density at radius 1 is 1.35 bits per heavy atom. The second kappa shape index (κ2) is 5.20. The first-order chi connectivity index (χ1) is 9.55. The highest BCUT2D eigenvalue weighted by molar-refractivity contribution is 7.91. The van der Waals surface area contributed by atoms with Crippen LogP contribution in [0.4, 0.5) is 0 Å². The molecule has 20 heavy (non-hydrogen) atoms. The average molecular weight is 294 g/mol. The summed E-state index contributed by atoms with van der Waals surface area (Å²) in [5, 5.41) is 0. The molecule has 0 N–H and O–H groups in total. The van der Waals surface area contributed by atoms with Gasteiger partial charge in [0, 0.05) is 6.42 Å². The van der Waals surface area contributed by atoms with Crippen LogP contribution < -0.4 is 4.74 Å². The van der Waals surface area contributed by atoms with Gasteiger partial charge in [-0.3, -0.25) is 4.79 Å². The van der Waals surface area contributed by atoms with Crippen molar-refractivity contribution in [1.29, 1.82) is 0 Å². The number of carbonyl (C=O) groups is 1. The molecule has 2 aliphatic rings. The summed E-state index contributed by atoms with van der Waals surface area (Å²) in [7, 11) is -2.92. The number of carbonyl (C=O) groups excluding carboxylic acids is 1. The van der Waals surface area contributed by atoms with Gasteiger partial charge in [-0.25, -0.2) is 8.42 Å². The number of hydrogen-bond donors (Lipinski definition) is 0. The van der Waals surface area contributed by atoms with Crippen molar-refractivity contribution in [2.24, 2.45) is 5.92 Å². The van der Waals surface area contributed by atoms with E-state index in [1.54, 1.807) is 6.07 Å². The molecular formula is C15H18O4S. The van der Waals surface area contributed by atoms with Gasteiger partial charge in [-0.05, 0) is 36.8 Å². The molecule has 0 spiro atoms. The molecule has 108 valence electrons. The van der Waals surface area contributed by atoms with Crippen molar-refractivity contribution in [3.05, 3.63) is 29.3 Å². The van der Waals surface area contributed by atoms with Crippen LogP contribution in [-0.4, -0.2) is 32.3 Å². The van der Waals surface area contributed by atoms with E-state index in [1.807, 2.05) is 12.1 Å². The van der Waals surface area contributed by atoms with Gasteiger partial charge in [-0.2, -0.15) is 0 Å². The van der Waals surface area contributed by atoms with Crippen molar-refractivity contribution in [2.75, 3.05) is 18.1 Å². The third kappa shape index (κ3) is 2.73. The van der Waals surface area contributed by atoms with Crippen molar-refractivity contribution >= 4 is 15.6 Å². The van der Waals surface area contributed by atoms with Crippen LogP contribution in [0.1, 0.15) is 35.2 Å². The van der Waals surface area contributed by atoms with Crippen molar-refractivity contribution in [2.45, 2.75) is 25.7 Å². The lowest BCUT2D eigenvalue weighted by Gasteiger charge is -2.20. The first-order valence-electron chi connectivity index (χ1n) is 7.03. The van der Waals surface area contributed by atoms with Gasteiger partial charge < -0.3 is 4.74 Å². The fourth-order valence-electron chi connectivity index (χ4n) is 3.01. The van der Waals surface area contributed by atoms with Crippen LogP contribution in [0.2, 0.25) is 0 Å². The molecule has 0 amide bonds. The van der Waals surface area contributed by atoms with Crippen molar-refractivity contribution in [3.63, 3.8) is 0 Å². The molecule has 0 bridgehead atoms. The highest BCUT2D eigenvalue weighted by Gasteiger charge is 2.30. The van der Waals surface area contributed by atoms with Crippen LogP contribution in [0.25, 0.3) is 0 Å². The second-order valence-electron chi connectivity index (χ2n) is 5.64. The Morgan fingerprint density at radius 2 is 2.20 bits per heavy atom. The molecule has 1 aromatic carbocycles. The van der Waals surface area contributed by atoms with Gasteiger partial charge in [-0.1, -0.05) is 12.1 Å². The minimum absolute atomic E-state index is 0.00542. The van der Waals surface area contributed by atoms with E-state index in [0.29, 0.717) is 30.8 Å². The molecule has 5 heteroatoms. The van der Waals surface area contributed by atoms with Crippen molar-refractivity contribution < 1.29 is 17.9 Å². The minimum atomic E-state index is -2.92. The summed E-state index contributed by atoms with van der Waals surface area (Å²) >= 11 is 0. The zero-order chi connectivity index (χ0) is 14.2. The first-order valence-corrected chi connectivity index (χ1v) is 8.85. The van der Waals surface area contributed by atoms with Crippen LogP contribution in [0, 0.1) is 5.92 Å². The Balaban J connectivity index is 1.78. The molecule has 1 atom stereocenters. The average Bonchev–Trinajstić information content (AvgIpc) is 2.77. The lowest BCUT2D eigenvalue weighted by molar-refractivity contribution is 0.0960. The Morgan fingerprint density at radius 3 is 2.95 bits per heavy atom. The highest BCUT2D eigenvalue weighted by atomic mass is 32.2. The van der Waals surface area contributed by atoms with E-state index in [9.17, 15) is 13.2 Å². The molecule has 2 heterocycles. The van der Waals surface area contributed by atoms with E-state index in [-0.39, 0.29) is 23.2 Å². The quantitative estimate of drug-likeness (QED) is 0.800. The van der Waals surface area contributed by atoms with E-state index in [1.165, 1.54) is 0 Å². The largest absolute Gasteiger partial charge is 0.493 e. The third-order valence-electron chi connectivity index (χ3n) is 4.03. The van der Waals surface area contributed by atoms with Gasteiger partial charge in [0.15, 0.2) is 15.6 Å². The monoisotopic (exact) mass is 294 g/mol. The van der Waals surface area contributed by atoms with E-state index in [2.05, 4.69) is 0 Å². The van der Waals surface area contributed by atoms with E-state index in [4.69, 9.17) is 4.74 Å². The van der Waals surface area contributed by atoms with Gasteiger partial charge in [0.2, 0.25) is 0 Å². The molecule has 0 radical (unpaired) electrons. The number of rotatable bonds is 3. The van der Waals surface area contributed by atoms with E-state index >= 15 is 0 Å². The van der Waals surface area contributed by atoms with Crippen LogP contribution in [0.15, 0.2) is 18.2 Å². The number of Topliss-reactive ketones (excluding diaryl/α,β-unsaturated/α-hetero) is 1. The van der Waals surface area contributed by atoms with Gasteiger partial charge >= 0.3 is 0 Å². The van der Waals surface area contributed by atoms with Crippen molar-refractivity contribution in [1.82, 2.24) is 0 Å². The summed E-state index contributed by atoms with van der Waals surface area (Å²) in [6.07, 6.45) is 2.82. The number of ether oxygens (including phenoxy) is 1. The molecule has 1 fully saturated rings. The summed E-state index contributed by atoms with van der Waals surface area (Å²) in [6, 6.07) is 5.66. The fraction of sp³-hybridized carbons (Fsp3) is 0.533. The van der Waals surface area contributed by atoms with Gasteiger partial charge in [0.25, 0.3) is 0 Å². The summed E-state index contributed by atoms with van der Waals surface area (Å²) in [6.45, 7) is 0.648. The Labute approximate surface area is 119 Å². The van der Waals surface area contributed by atoms with E-state index < -0.39 is 9.84 Å². The summed E-state index contributed by atoms with van der Waals surface area (Å²) in [4.78, 5) is 12.4. The standard InChI is InChI=1S/C15H18O4S/c16-14(9-11-6-8-20(17,18)10-11)13-5-1-3-12-4-2-7-19-15(12)13/h1,3,5,11H,2,4,6-10H2. The van der Waals surface area contributed by atoms with Gasteiger partial charge in [-0.15, -0.1) is 0 Å². The summed E-state index contributed by atoms with van der Waals surface area (Å²) in [5.74, 6) is 1.05. The first kappa shape index (κ1) is 13.6. The number of fused-ring (bicyclic) bond motifs is 1. The molecule has 1 aromatic rings. The number of aryl methyl sites for hydroxylation is 1. The number of hydrogen-bond acceptors (Lipinski definition) is 4. The smallest absolute Gasteiger partial charge is 0.166 e. The summed E-state index contributed by atoms with van der Waals surface area (Å²) in [5.41, 5.74) is 1.70. The zero-order valence-corrected chi connectivity index (χ0v) is 12.1. The molecule has 0 aliphatic carbocycles. The lowest BCUT2D eigenvalue weighted by atomic mass is 9.94. The maximum Gasteiger partial charge on any atom is 0.166 e. The molecule has 3 rings (SSSR count). The van der Waals surface area contributed by atoms with Crippen LogP contribution in [-0.2, 0) is 16.3 Å². The number of sulfone groups is 1. The van der Waals surface area contributed by atoms with Crippen molar-refractivity contribution in [3.8, 4) is 5.75 Å². The number of ketones is 1. The molecular weight excluding hydrogens is 276 g/mol. The topological polar surface area (TPSA) is 60.4 Å². The third-order valence-corrected chi connectivity index (χ3v) is 5.87. The maximum atomic E-state index is 12.4. The lowest BCUT2D eigenvalue weighted by Crippen LogP contribution is -2.15. The normalized spacial score (nSPS) is 23.9. The molecule has 4 nitrogen and oxygen atoms in total. The predicted molar refractivity (Wildman–Crippen MR) is 76.0 cm³/mol. The predicted octanol–water partition coefficient (Wildman–Crippen LogP) is 2.02. The Kier molecular flexibility index (Phi) is 3.54. The van der Waals surface area contributed by atoms with E-state index in [0.717, 1.165) is 18.4 Å². The zero-order valence-electron chi connectivity index (χ0n) is 11.3. The Bertz CT molecular complexity index is 633. The molecule has 0 saturated carbocycles. The Hall–Kier alpha value is -1.36. The maximum absolute atomic E-state index is 12.4. The SMILES string of the molecule is O=C(CC1CCS(=O)(=O)C1)c1cccc2c1OCCC2. The van der Waals surface area contributed by atoms with Crippen LogP contribution >= 0.6 is 0 Å². The van der Waals surface area contributed by atoms with Crippen LogP contribution in [0.3, 0.4) is 0 Å². The van der Waals surface area contributed by atoms with Crippen LogP contribution in [0.5, 0.6) is 5.75 Å². The summed E-state index contributed by atoms with van der Waals surface area (Å²) < 4.78 is 28.6. The molecule has 2 aliphatic heterocycles. The fourth-order valence-corrected chi connectivity index (χ4v) is 4.88. The second-order valence-corrected chi connectivity index (χ2v) is 7.87. The van der Waals surface area contributed by atoms with Gasteiger partial charge in [0.1, 0.15) is 5.75 Å². The molecule has 0 aromatic heterocycles. The highest BCUT2D eigenvalue weighted by Crippen LogP contribution is 2.31. The minimum Gasteiger partial charge on any atom is -0.493 e. The van der Waals surface area contributed by atoms with Gasteiger partial charge in [0.05, 0.1) is 23.7 Å². The molecule has 1 unspecified atom stereocenters. The number of para-hydroxylation sites is 1. The molecule has 1 saturated heterocycles.